The molecule has 74 valence electrons. The van der Waals surface area contributed by atoms with E-state index in [0.717, 1.165) is 19.3 Å². The Bertz CT molecular complexity index is 83.9. The predicted octanol–water partition coefficient (Wildman–Crippen LogP) is 1.95. The van der Waals surface area contributed by atoms with Crippen LogP contribution >= 0.6 is 0 Å². The van der Waals surface area contributed by atoms with Crippen molar-refractivity contribution in [1.82, 2.24) is 0 Å². The summed E-state index contributed by atoms with van der Waals surface area (Å²) in [6.07, 6.45) is 6.68. The molecule has 2 nitrogen and oxygen atoms in total. The van der Waals surface area contributed by atoms with Crippen LogP contribution in [0.2, 0.25) is 0 Å². The van der Waals surface area contributed by atoms with Crippen LogP contribution < -0.4 is 0 Å². The molecule has 12 heavy (non-hydrogen) atoms. The summed E-state index contributed by atoms with van der Waals surface area (Å²) in [6, 6.07) is 0. The Labute approximate surface area is 75.6 Å². The highest BCUT2D eigenvalue weighted by molar-refractivity contribution is 4.52. The third kappa shape index (κ3) is 8.02. The Kier molecular flexibility index (Phi) is 8.95. The summed E-state index contributed by atoms with van der Waals surface area (Å²) < 4.78 is 0. The normalized spacial score (nSPS) is 13.2. The van der Waals surface area contributed by atoms with E-state index in [2.05, 4.69) is 6.92 Å². The van der Waals surface area contributed by atoms with Crippen LogP contribution in [-0.4, -0.2) is 23.4 Å². The lowest BCUT2D eigenvalue weighted by molar-refractivity contribution is 0.255. The first-order valence-corrected chi connectivity index (χ1v) is 5.03. The van der Waals surface area contributed by atoms with Crippen molar-refractivity contribution < 1.29 is 10.2 Å². The standard InChI is InChI=1S/C10H22O2/c1-10(7-9-12)6-4-2-3-5-8-11/h10-12H,2-9H2,1H3. The maximum Gasteiger partial charge on any atom is 0.0433 e. The van der Waals surface area contributed by atoms with Crippen molar-refractivity contribution in [2.24, 2.45) is 5.92 Å². The molecule has 0 rings (SSSR count). The van der Waals surface area contributed by atoms with E-state index >= 15 is 0 Å². The van der Waals surface area contributed by atoms with Crippen molar-refractivity contribution in [3.63, 3.8) is 0 Å². The molecule has 0 heterocycles. The van der Waals surface area contributed by atoms with Crippen molar-refractivity contribution in [2.75, 3.05) is 13.2 Å². The summed E-state index contributed by atoms with van der Waals surface area (Å²) in [7, 11) is 0. The SMILES string of the molecule is CC(CCO)CCCCCCO. The predicted molar refractivity (Wildman–Crippen MR) is 51.0 cm³/mol. The Morgan fingerprint density at radius 3 is 2.08 bits per heavy atom. The Hall–Kier alpha value is -0.0800. The van der Waals surface area contributed by atoms with Crippen molar-refractivity contribution in [1.29, 1.82) is 0 Å². The molecule has 0 aliphatic rings. The highest BCUT2D eigenvalue weighted by atomic mass is 16.3. The number of rotatable bonds is 8. The number of hydrogen-bond acceptors (Lipinski definition) is 2. The summed E-state index contributed by atoms with van der Waals surface area (Å²) in [5, 5.41) is 17.2. The number of hydrogen-bond donors (Lipinski definition) is 2. The molecule has 2 heteroatoms. The van der Waals surface area contributed by atoms with Crippen LogP contribution in [0.1, 0.15) is 45.4 Å². The molecule has 0 fully saturated rings. The number of aliphatic hydroxyl groups excluding tert-OH is 2. The molecule has 0 saturated carbocycles. The summed E-state index contributed by atoms with van der Waals surface area (Å²) >= 11 is 0. The van der Waals surface area contributed by atoms with Crippen LogP contribution in [0.4, 0.5) is 0 Å². The lowest BCUT2D eigenvalue weighted by Gasteiger charge is -2.08. The molecule has 0 radical (unpaired) electrons. The summed E-state index contributed by atoms with van der Waals surface area (Å²) in [6.45, 7) is 2.83. The molecule has 0 aromatic rings. The topological polar surface area (TPSA) is 40.5 Å². The van der Waals surface area contributed by atoms with E-state index in [9.17, 15) is 0 Å². The van der Waals surface area contributed by atoms with Crippen molar-refractivity contribution in [3.05, 3.63) is 0 Å². The van der Waals surface area contributed by atoms with Crippen LogP contribution in [0.3, 0.4) is 0 Å². The van der Waals surface area contributed by atoms with Crippen molar-refractivity contribution >= 4 is 0 Å². The average Bonchev–Trinajstić information content (AvgIpc) is 2.05. The van der Waals surface area contributed by atoms with Crippen LogP contribution in [0.5, 0.6) is 0 Å². The van der Waals surface area contributed by atoms with Gasteiger partial charge in [-0.05, 0) is 18.8 Å². The van der Waals surface area contributed by atoms with Gasteiger partial charge >= 0.3 is 0 Å². The van der Waals surface area contributed by atoms with Gasteiger partial charge in [0.25, 0.3) is 0 Å². The first kappa shape index (κ1) is 11.9. The van der Waals surface area contributed by atoms with Gasteiger partial charge in [-0.1, -0.05) is 32.6 Å². The van der Waals surface area contributed by atoms with Crippen molar-refractivity contribution in [2.45, 2.75) is 45.4 Å². The molecule has 0 saturated heterocycles. The first-order chi connectivity index (χ1) is 5.81. The van der Waals surface area contributed by atoms with Gasteiger partial charge in [0.1, 0.15) is 0 Å². The Morgan fingerprint density at radius 1 is 0.833 bits per heavy atom. The maximum atomic E-state index is 8.64. The lowest BCUT2D eigenvalue weighted by Crippen LogP contribution is -1.97. The van der Waals surface area contributed by atoms with E-state index in [-0.39, 0.29) is 0 Å². The second-order valence-corrected chi connectivity index (χ2v) is 3.54. The minimum atomic E-state index is 0.317. The largest absolute Gasteiger partial charge is 0.396 e. The zero-order valence-corrected chi connectivity index (χ0v) is 8.13. The molecule has 0 aliphatic heterocycles. The molecule has 0 amide bonds. The quantitative estimate of drug-likeness (QED) is 0.552. The van der Waals surface area contributed by atoms with Crippen LogP contribution in [0.25, 0.3) is 0 Å². The van der Waals surface area contributed by atoms with Gasteiger partial charge in [0.05, 0.1) is 0 Å². The number of aliphatic hydroxyl groups is 2. The van der Waals surface area contributed by atoms with Gasteiger partial charge in [-0.25, -0.2) is 0 Å². The van der Waals surface area contributed by atoms with Gasteiger partial charge < -0.3 is 10.2 Å². The fourth-order valence-corrected chi connectivity index (χ4v) is 1.32. The number of unbranched alkanes of at least 4 members (excludes halogenated alkanes) is 3. The zero-order valence-electron chi connectivity index (χ0n) is 8.13. The van der Waals surface area contributed by atoms with Crippen LogP contribution in [0.15, 0.2) is 0 Å². The molecular formula is C10H22O2. The highest BCUT2D eigenvalue weighted by Gasteiger charge is 1.99. The first-order valence-electron chi connectivity index (χ1n) is 5.03. The smallest absolute Gasteiger partial charge is 0.0433 e. The Balaban J connectivity index is 2.97. The molecule has 0 aliphatic carbocycles. The van der Waals surface area contributed by atoms with Gasteiger partial charge in [0.2, 0.25) is 0 Å². The van der Waals surface area contributed by atoms with Crippen LogP contribution in [-0.2, 0) is 0 Å². The van der Waals surface area contributed by atoms with E-state index in [1.54, 1.807) is 0 Å². The molecule has 0 aromatic carbocycles. The van der Waals surface area contributed by atoms with E-state index in [0.29, 0.717) is 19.1 Å². The van der Waals surface area contributed by atoms with Crippen molar-refractivity contribution in [3.8, 4) is 0 Å². The molecule has 2 N–H and O–H groups in total. The van der Waals surface area contributed by atoms with E-state index in [1.807, 2.05) is 0 Å². The third-order valence-electron chi connectivity index (χ3n) is 2.23. The molecule has 0 aromatic heterocycles. The second kappa shape index (κ2) is 9.01. The fourth-order valence-electron chi connectivity index (χ4n) is 1.32. The summed E-state index contributed by atoms with van der Waals surface area (Å²) in [5.74, 6) is 0.657. The molecule has 1 unspecified atom stereocenters. The third-order valence-corrected chi connectivity index (χ3v) is 2.23. The van der Waals surface area contributed by atoms with Gasteiger partial charge in [-0.3, -0.25) is 0 Å². The molecule has 1 atom stereocenters. The maximum absolute atomic E-state index is 8.64. The zero-order chi connectivity index (χ0) is 9.23. The highest BCUT2D eigenvalue weighted by Crippen LogP contribution is 2.12. The van der Waals surface area contributed by atoms with E-state index < -0.39 is 0 Å². The average molecular weight is 174 g/mol. The summed E-state index contributed by atoms with van der Waals surface area (Å²) in [5.41, 5.74) is 0. The summed E-state index contributed by atoms with van der Waals surface area (Å²) in [4.78, 5) is 0. The monoisotopic (exact) mass is 174 g/mol. The van der Waals surface area contributed by atoms with E-state index in [1.165, 1.54) is 19.3 Å². The lowest BCUT2D eigenvalue weighted by atomic mass is 10.00. The van der Waals surface area contributed by atoms with Crippen LogP contribution in [0, 0.1) is 5.92 Å². The molecule has 0 spiro atoms. The fraction of sp³-hybridized carbons (Fsp3) is 1.00. The second-order valence-electron chi connectivity index (χ2n) is 3.54. The molecular weight excluding hydrogens is 152 g/mol. The minimum Gasteiger partial charge on any atom is -0.396 e. The minimum absolute atomic E-state index is 0.317. The van der Waals surface area contributed by atoms with Gasteiger partial charge in [-0.15, -0.1) is 0 Å². The van der Waals surface area contributed by atoms with Gasteiger partial charge in [0, 0.05) is 13.2 Å². The van der Waals surface area contributed by atoms with Gasteiger partial charge in [0.15, 0.2) is 0 Å². The Morgan fingerprint density at radius 2 is 1.50 bits per heavy atom. The van der Waals surface area contributed by atoms with E-state index in [4.69, 9.17) is 10.2 Å². The molecule has 0 bridgehead atoms. The van der Waals surface area contributed by atoms with Gasteiger partial charge in [-0.2, -0.15) is 0 Å².